The van der Waals surface area contributed by atoms with Gasteiger partial charge in [0.2, 0.25) is 0 Å². The van der Waals surface area contributed by atoms with E-state index in [1.165, 1.54) is 18.7 Å². The molecule has 0 spiro atoms. The second kappa shape index (κ2) is 5.57. The number of hydrogen-bond donors (Lipinski definition) is 2. The normalized spacial score (nSPS) is 24.2. The molecule has 1 aromatic rings. The molecular formula is C14H21N3O2. The second-order valence-electron chi connectivity index (χ2n) is 5.37. The van der Waals surface area contributed by atoms with Crippen molar-refractivity contribution in [2.24, 2.45) is 0 Å². The van der Waals surface area contributed by atoms with E-state index in [2.05, 4.69) is 24.3 Å². The molecule has 2 heterocycles. The van der Waals surface area contributed by atoms with Crippen molar-refractivity contribution in [3.8, 4) is 0 Å². The maximum atomic E-state index is 12.2. The highest BCUT2D eigenvalue weighted by Crippen LogP contribution is 2.20. The highest BCUT2D eigenvalue weighted by atomic mass is 16.2. The highest BCUT2D eigenvalue weighted by Gasteiger charge is 2.26. The van der Waals surface area contributed by atoms with Crippen LogP contribution in [0.4, 0.5) is 0 Å². The first-order chi connectivity index (χ1) is 8.99. The molecular weight excluding hydrogens is 242 g/mol. The Labute approximate surface area is 113 Å². The minimum absolute atomic E-state index is 0.163. The zero-order valence-electron chi connectivity index (χ0n) is 11.7. The number of rotatable bonds is 2. The van der Waals surface area contributed by atoms with E-state index in [4.69, 9.17) is 0 Å². The lowest BCUT2D eigenvalue weighted by Gasteiger charge is -2.38. The van der Waals surface area contributed by atoms with Gasteiger partial charge in [-0.05, 0) is 33.6 Å². The fourth-order valence-electron chi connectivity index (χ4n) is 2.57. The number of aromatic amines is 1. The molecule has 104 valence electrons. The fourth-order valence-corrected chi connectivity index (χ4v) is 2.57. The van der Waals surface area contributed by atoms with Gasteiger partial charge in [-0.15, -0.1) is 0 Å². The number of aryl methyl sites for hydroxylation is 1. The van der Waals surface area contributed by atoms with Gasteiger partial charge in [0, 0.05) is 30.0 Å². The number of nitrogens with zero attached hydrogens (tertiary/aromatic N) is 1. The number of hydrogen-bond acceptors (Lipinski definition) is 3. The third-order valence-corrected chi connectivity index (χ3v) is 3.73. The van der Waals surface area contributed by atoms with Crippen LogP contribution in [0.3, 0.4) is 0 Å². The summed E-state index contributed by atoms with van der Waals surface area (Å²) < 4.78 is 0. The van der Waals surface area contributed by atoms with Crippen LogP contribution in [-0.4, -0.2) is 28.0 Å². The maximum absolute atomic E-state index is 12.2. The Balaban J connectivity index is 2.14. The molecule has 0 saturated carbocycles. The minimum atomic E-state index is -0.332. The van der Waals surface area contributed by atoms with E-state index >= 15 is 0 Å². The van der Waals surface area contributed by atoms with Crippen LogP contribution in [0, 0.1) is 6.92 Å². The molecule has 2 unspecified atom stereocenters. The van der Waals surface area contributed by atoms with Gasteiger partial charge >= 0.3 is 0 Å². The number of piperidine rings is 1. The maximum Gasteiger partial charge on any atom is 0.271 e. The molecule has 1 saturated heterocycles. The molecule has 1 amide bonds. The van der Waals surface area contributed by atoms with Crippen molar-refractivity contribution in [2.75, 3.05) is 0 Å². The van der Waals surface area contributed by atoms with Gasteiger partial charge in [-0.3, -0.25) is 15.0 Å². The third kappa shape index (κ3) is 3.04. The molecule has 1 aromatic heterocycles. The van der Waals surface area contributed by atoms with Crippen LogP contribution in [0.1, 0.15) is 49.2 Å². The lowest BCUT2D eigenvalue weighted by Crippen LogP contribution is -2.54. The number of carbonyl (C=O) groups excluding carboxylic acids is 1. The molecule has 2 atom stereocenters. The summed E-state index contributed by atoms with van der Waals surface area (Å²) in [6, 6.07) is 2.05. The highest BCUT2D eigenvalue weighted by molar-refractivity contribution is 5.93. The van der Waals surface area contributed by atoms with Crippen molar-refractivity contribution in [2.45, 2.75) is 52.1 Å². The van der Waals surface area contributed by atoms with E-state index in [1.54, 1.807) is 6.92 Å². The van der Waals surface area contributed by atoms with Crippen LogP contribution in [-0.2, 0) is 0 Å². The van der Waals surface area contributed by atoms with Crippen molar-refractivity contribution in [3.63, 3.8) is 0 Å². The summed E-state index contributed by atoms with van der Waals surface area (Å²) in [6.45, 7) is 5.97. The standard InChI is InChI=1S/C14H21N3O2/c1-9-7-13(18)12(8-15-9)14(19)16-17-10(2)5-4-6-11(17)3/h7-8,10-11H,4-6H2,1-3H3,(H,15,18)(H,16,19). The van der Waals surface area contributed by atoms with E-state index in [1.807, 2.05) is 5.01 Å². The molecule has 1 fully saturated rings. The predicted octanol–water partition coefficient (Wildman–Crippen LogP) is 1.59. The lowest BCUT2D eigenvalue weighted by atomic mass is 10.00. The van der Waals surface area contributed by atoms with E-state index in [-0.39, 0.29) is 16.9 Å². The molecule has 2 N–H and O–H groups in total. The van der Waals surface area contributed by atoms with Crippen LogP contribution < -0.4 is 10.9 Å². The summed E-state index contributed by atoms with van der Waals surface area (Å²) in [4.78, 5) is 26.9. The Hall–Kier alpha value is -1.62. The number of nitrogens with one attached hydrogen (secondary N) is 2. The summed E-state index contributed by atoms with van der Waals surface area (Å²) in [5.74, 6) is -0.332. The van der Waals surface area contributed by atoms with Crippen LogP contribution in [0.15, 0.2) is 17.1 Å². The molecule has 1 aliphatic heterocycles. The van der Waals surface area contributed by atoms with Crippen molar-refractivity contribution in [1.29, 1.82) is 0 Å². The van der Waals surface area contributed by atoms with Crippen molar-refractivity contribution in [3.05, 3.63) is 33.7 Å². The van der Waals surface area contributed by atoms with Crippen molar-refractivity contribution >= 4 is 5.91 Å². The van der Waals surface area contributed by atoms with Crippen LogP contribution in [0.2, 0.25) is 0 Å². The minimum Gasteiger partial charge on any atom is -0.364 e. The molecule has 19 heavy (non-hydrogen) atoms. The van der Waals surface area contributed by atoms with Gasteiger partial charge in [0.15, 0.2) is 5.43 Å². The summed E-state index contributed by atoms with van der Waals surface area (Å²) in [5.41, 5.74) is 3.54. The van der Waals surface area contributed by atoms with Gasteiger partial charge in [-0.2, -0.15) is 0 Å². The first kappa shape index (κ1) is 13.8. The summed E-state index contributed by atoms with van der Waals surface area (Å²) >= 11 is 0. The Morgan fingerprint density at radius 3 is 2.58 bits per heavy atom. The average molecular weight is 263 g/mol. The molecule has 2 rings (SSSR count). The number of H-pyrrole nitrogens is 1. The SMILES string of the molecule is Cc1cc(=O)c(C(=O)NN2C(C)CCCC2C)c[nH]1. The van der Waals surface area contributed by atoms with Gasteiger partial charge in [0.25, 0.3) is 5.91 Å². The summed E-state index contributed by atoms with van der Waals surface area (Å²) in [7, 11) is 0. The molecule has 0 bridgehead atoms. The number of pyridine rings is 1. The summed E-state index contributed by atoms with van der Waals surface area (Å²) in [6.07, 6.45) is 4.79. The van der Waals surface area contributed by atoms with E-state index < -0.39 is 0 Å². The average Bonchev–Trinajstić information content (AvgIpc) is 2.33. The molecule has 5 heteroatoms. The van der Waals surface area contributed by atoms with Gasteiger partial charge in [-0.25, -0.2) is 5.01 Å². The quantitative estimate of drug-likeness (QED) is 0.851. The van der Waals surface area contributed by atoms with Crippen LogP contribution in [0.5, 0.6) is 0 Å². The first-order valence-corrected chi connectivity index (χ1v) is 6.77. The zero-order chi connectivity index (χ0) is 14.0. The van der Waals surface area contributed by atoms with Gasteiger partial charge in [-0.1, -0.05) is 6.42 Å². The Kier molecular flexibility index (Phi) is 4.04. The molecule has 1 aliphatic rings. The molecule has 0 radical (unpaired) electrons. The van der Waals surface area contributed by atoms with Gasteiger partial charge in [0.05, 0.1) is 0 Å². The monoisotopic (exact) mass is 263 g/mol. The second-order valence-corrected chi connectivity index (χ2v) is 5.37. The number of carbonyl (C=O) groups is 1. The van der Waals surface area contributed by atoms with Gasteiger partial charge < -0.3 is 4.98 Å². The number of aromatic nitrogens is 1. The number of amides is 1. The smallest absolute Gasteiger partial charge is 0.271 e. The van der Waals surface area contributed by atoms with Gasteiger partial charge in [0.1, 0.15) is 5.56 Å². The Morgan fingerprint density at radius 1 is 1.37 bits per heavy atom. The molecule has 5 nitrogen and oxygen atoms in total. The van der Waals surface area contributed by atoms with E-state index in [9.17, 15) is 9.59 Å². The van der Waals surface area contributed by atoms with Crippen molar-refractivity contribution < 1.29 is 4.79 Å². The summed E-state index contributed by atoms with van der Waals surface area (Å²) in [5, 5.41) is 1.96. The van der Waals surface area contributed by atoms with Crippen LogP contribution in [0.25, 0.3) is 0 Å². The van der Waals surface area contributed by atoms with Crippen LogP contribution >= 0.6 is 0 Å². The molecule has 0 aromatic carbocycles. The lowest BCUT2D eigenvalue weighted by molar-refractivity contribution is 0.0368. The third-order valence-electron chi connectivity index (χ3n) is 3.73. The number of hydrazine groups is 1. The largest absolute Gasteiger partial charge is 0.364 e. The molecule has 0 aliphatic carbocycles. The Morgan fingerprint density at radius 2 is 2.00 bits per heavy atom. The van der Waals surface area contributed by atoms with E-state index in [0.29, 0.717) is 12.1 Å². The van der Waals surface area contributed by atoms with E-state index in [0.717, 1.165) is 18.5 Å². The predicted molar refractivity (Wildman–Crippen MR) is 73.9 cm³/mol. The first-order valence-electron chi connectivity index (χ1n) is 6.77. The zero-order valence-corrected chi connectivity index (χ0v) is 11.7. The fraction of sp³-hybridized carbons (Fsp3) is 0.571. The van der Waals surface area contributed by atoms with Crippen molar-refractivity contribution in [1.82, 2.24) is 15.4 Å². The topological polar surface area (TPSA) is 65.2 Å². The Bertz CT molecular complexity index is 514.